The van der Waals surface area contributed by atoms with Crippen molar-refractivity contribution < 1.29 is 25.6 Å². The molecule has 1 heterocycles. The van der Waals surface area contributed by atoms with Crippen molar-refractivity contribution in [1.29, 1.82) is 0 Å². The van der Waals surface area contributed by atoms with E-state index in [1.165, 1.54) is 12.3 Å². The summed E-state index contributed by atoms with van der Waals surface area (Å²) in [4.78, 5) is 4.46. The number of hydrogen-bond donors (Lipinski definition) is 0. The van der Waals surface area contributed by atoms with Gasteiger partial charge in [0.05, 0.1) is 0 Å². The molecule has 0 aliphatic heterocycles. The van der Waals surface area contributed by atoms with E-state index < -0.39 is 22.5 Å². The van der Waals surface area contributed by atoms with E-state index in [4.69, 9.17) is 15.6 Å². The van der Waals surface area contributed by atoms with Gasteiger partial charge in [0.1, 0.15) is 0 Å². The Bertz CT molecular complexity index is 1640. The third-order valence-electron chi connectivity index (χ3n) is 6.65. The molecule has 0 radical (unpaired) electrons. The van der Waals surface area contributed by atoms with E-state index in [9.17, 15) is 21.6 Å². The number of aromatic nitrogens is 1. The van der Waals surface area contributed by atoms with Crippen LogP contribution in [0.1, 0.15) is 0 Å². The third kappa shape index (κ3) is 4.51. The Morgan fingerprint density at radius 2 is 1.10 bits per heavy atom. The van der Waals surface area contributed by atoms with Crippen molar-refractivity contribution in [2.45, 2.75) is 5.51 Å². The molecule has 4 aromatic carbocycles. The van der Waals surface area contributed by atoms with Gasteiger partial charge in [-0.05, 0) is 0 Å². The average molecular weight is 600 g/mol. The Kier molecular flexibility index (Phi) is 7.31. The maximum atomic E-state index is 14.3. The summed E-state index contributed by atoms with van der Waals surface area (Å²) in [6.07, 6.45) is 1.44. The molecular weight excluding hydrogens is 578 g/mol. The third-order valence-corrected chi connectivity index (χ3v) is 14.6. The normalized spacial score (nSPS) is 13.3. The van der Waals surface area contributed by atoms with Crippen LogP contribution in [0.4, 0.5) is 13.2 Å². The first-order valence-corrected chi connectivity index (χ1v) is 16.0. The second kappa shape index (κ2) is 10.5. The molecule has 0 atom stereocenters. The average Bonchev–Trinajstić information content (AvgIpc) is 2.97. The first kappa shape index (κ1) is 28.0. The Labute approximate surface area is 235 Å². The van der Waals surface area contributed by atoms with Crippen LogP contribution in [-0.4, -0.2) is 18.9 Å². The van der Waals surface area contributed by atoms with Crippen LogP contribution >= 0.6 is 18.4 Å². The molecule has 0 saturated carbocycles. The zero-order valence-electron chi connectivity index (χ0n) is 20.7. The summed E-state index contributed by atoms with van der Waals surface area (Å²) < 4.78 is 75.1. The molecular formula is C30H22ClF3NO3PS. The fourth-order valence-corrected chi connectivity index (χ4v) is 13.0. The van der Waals surface area contributed by atoms with Crippen LogP contribution in [0.3, 0.4) is 0 Å². The molecule has 0 spiro atoms. The van der Waals surface area contributed by atoms with Crippen molar-refractivity contribution in [1.82, 2.24) is 4.98 Å². The Morgan fingerprint density at radius 1 is 0.650 bits per heavy atom. The molecule has 0 saturated heterocycles. The van der Waals surface area contributed by atoms with Crippen molar-refractivity contribution in [2.75, 3.05) is 0 Å². The minimum atomic E-state index is -6.17. The fraction of sp³-hybridized carbons (Fsp3) is 0.0333. The van der Waals surface area contributed by atoms with Crippen LogP contribution in [0, 0.1) is 0 Å². The van der Waals surface area contributed by atoms with Crippen LogP contribution < -0.4 is 21.2 Å². The summed E-state index contributed by atoms with van der Waals surface area (Å²) in [5.74, 6) is 0. The molecule has 4 nitrogen and oxygen atoms in total. The number of nitrogens with zero attached hydrogens (tertiary/aromatic N) is 1. The maximum absolute atomic E-state index is 14.3. The Hall–Kier alpha value is -3.55. The molecule has 5 rings (SSSR count). The van der Waals surface area contributed by atoms with Crippen LogP contribution in [0.5, 0.6) is 0 Å². The van der Waals surface area contributed by atoms with Crippen molar-refractivity contribution in [3.8, 4) is 11.3 Å². The van der Waals surface area contributed by atoms with Crippen LogP contribution in [0.2, 0.25) is 5.02 Å². The summed E-state index contributed by atoms with van der Waals surface area (Å²) in [6.45, 7) is -5.19. The number of alkyl halides is 3. The summed E-state index contributed by atoms with van der Waals surface area (Å²) in [5.41, 5.74) is -4.66. The quantitative estimate of drug-likeness (QED) is 0.162. The molecule has 0 unspecified atom stereocenters. The van der Waals surface area contributed by atoms with Gasteiger partial charge in [0.2, 0.25) is 0 Å². The van der Waals surface area contributed by atoms with Gasteiger partial charge in [-0.25, -0.2) is 0 Å². The standard InChI is InChI=1S/C30H22ClF3NO3PS/c31-24-18-16-23(17-19-24)29-22-28(20-21-35-29)39(25-10-4-1-5-11-25,26-12-6-2-7-13-26,27-14-8-3-9-15-27)38-40(36,37)30(32,33)34/h1-22H. The van der Waals surface area contributed by atoms with Gasteiger partial charge in [-0.1, -0.05) is 0 Å². The number of rotatable bonds is 7. The van der Waals surface area contributed by atoms with Gasteiger partial charge >= 0.3 is 236 Å². The van der Waals surface area contributed by atoms with Crippen LogP contribution in [0.25, 0.3) is 11.3 Å². The zero-order valence-corrected chi connectivity index (χ0v) is 23.2. The van der Waals surface area contributed by atoms with E-state index in [1.54, 1.807) is 121 Å². The molecule has 204 valence electrons. The molecule has 0 aliphatic carbocycles. The molecule has 0 bridgehead atoms. The van der Waals surface area contributed by atoms with E-state index in [1.807, 2.05) is 0 Å². The molecule has 1 aromatic heterocycles. The summed E-state index contributed by atoms with van der Waals surface area (Å²) >= 11 is 6.07. The molecule has 0 fully saturated rings. The monoisotopic (exact) mass is 599 g/mol. The molecule has 0 N–H and O–H groups in total. The minimum absolute atomic E-state index is 0.224. The number of benzene rings is 4. The number of halogens is 4. The van der Waals surface area contributed by atoms with E-state index in [2.05, 4.69) is 4.98 Å². The molecule has 10 heteroatoms. The first-order chi connectivity index (χ1) is 19.1. The molecule has 5 aromatic rings. The van der Waals surface area contributed by atoms with E-state index in [0.717, 1.165) is 0 Å². The van der Waals surface area contributed by atoms with Crippen molar-refractivity contribution in [3.05, 3.63) is 139 Å². The van der Waals surface area contributed by atoms with Gasteiger partial charge < -0.3 is 0 Å². The summed E-state index contributed by atoms with van der Waals surface area (Å²) in [7, 11) is -6.17. The Morgan fingerprint density at radius 3 is 1.52 bits per heavy atom. The SMILES string of the molecule is O=S(=O)(OP(c1ccccc1)(c1ccccc1)(c1ccccc1)c1ccnc(-c2ccc(Cl)cc2)c1)C(F)(F)F. The van der Waals surface area contributed by atoms with Gasteiger partial charge in [0.15, 0.2) is 0 Å². The van der Waals surface area contributed by atoms with Gasteiger partial charge in [0.25, 0.3) is 0 Å². The number of hydrogen-bond acceptors (Lipinski definition) is 4. The number of pyridine rings is 1. The van der Waals surface area contributed by atoms with E-state index >= 15 is 0 Å². The fourth-order valence-electron chi connectivity index (χ4n) is 4.91. The second-order valence-electron chi connectivity index (χ2n) is 8.92. The summed E-state index contributed by atoms with van der Waals surface area (Å²) in [6, 6.07) is 34.5. The van der Waals surface area contributed by atoms with Gasteiger partial charge in [0, 0.05) is 0 Å². The van der Waals surface area contributed by atoms with E-state index in [0.29, 0.717) is 16.3 Å². The first-order valence-electron chi connectivity index (χ1n) is 12.0. The van der Waals surface area contributed by atoms with Crippen molar-refractivity contribution in [3.63, 3.8) is 0 Å². The Balaban J connectivity index is 2.03. The zero-order chi connectivity index (χ0) is 28.5. The van der Waals surface area contributed by atoms with Crippen molar-refractivity contribution in [2.24, 2.45) is 0 Å². The van der Waals surface area contributed by atoms with E-state index in [-0.39, 0.29) is 21.2 Å². The second-order valence-corrected chi connectivity index (χ2v) is 15.5. The summed E-state index contributed by atoms with van der Waals surface area (Å²) in [5, 5.41) is 1.53. The van der Waals surface area contributed by atoms with Gasteiger partial charge in [-0.15, -0.1) is 0 Å². The molecule has 40 heavy (non-hydrogen) atoms. The predicted octanol–water partition coefficient (Wildman–Crippen LogP) is 6.34. The van der Waals surface area contributed by atoms with Crippen LogP contribution in [-0.2, 0) is 14.1 Å². The van der Waals surface area contributed by atoms with Crippen molar-refractivity contribution >= 4 is 49.8 Å². The van der Waals surface area contributed by atoms with Gasteiger partial charge in [-0.2, -0.15) is 0 Å². The molecule has 0 amide bonds. The topological polar surface area (TPSA) is 56.3 Å². The van der Waals surface area contributed by atoms with Crippen LogP contribution in [0.15, 0.2) is 134 Å². The molecule has 0 aliphatic rings. The van der Waals surface area contributed by atoms with Gasteiger partial charge in [-0.3, -0.25) is 0 Å². The predicted molar refractivity (Wildman–Crippen MR) is 156 cm³/mol.